The number of nitrogens with zero attached hydrogens (tertiary/aromatic N) is 1. The molecule has 0 bridgehead atoms. The molecule has 1 aromatic heterocycles. The van der Waals surface area contributed by atoms with E-state index in [2.05, 4.69) is 18.7 Å². The minimum atomic E-state index is 0.111. The van der Waals surface area contributed by atoms with Gasteiger partial charge < -0.3 is 10.6 Å². The second kappa shape index (κ2) is 5.06. The summed E-state index contributed by atoms with van der Waals surface area (Å²) < 4.78 is 0. The van der Waals surface area contributed by atoms with Gasteiger partial charge in [-0.2, -0.15) is 0 Å². The van der Waals surface area contributed by atoms with E-state index in [4.69, 9.17) is 5.73 Å². The predicted molar refractivity (Wildman–Crippen MR) is 85.9 cm³/mol. The fourth-order valence-corrected chi connectivity index (χ4v) is 4.46. The van der Waals surface area contributed by atoms with Gasteiger partial charge in [-0.3, -0.25) is 4.79 Å². The van der Waals surface area contributed by atoms with Crippen molar-refractivity contribution in [3.63, 3.8) is 0 Å². The predicted octanol–water partition coefficient (Wildman–Crippen LogP) is 3.89. The van der Waals surface area contributed by atoms with Crippen LogP contribution in [0.5, 0.6) is 0 Å². The lowest BCUT2D eigenvalue weighted by Gasteiger charge is -2.20. The summed E-state index contributed by atoms with van der Waals surface area (Å²) in [5.74, 6) is 2.22. The van der Waals surface area contributed by atoms with E-state index in [1.165, 1.54) is 29.8 Å². The summed E-state index contributed by atoms with van der Waals surface area (Å²) in [7, 11) is 0. The van der Waals surface area contributed by atoms with Crippen molar-refractivity contribution in [3.05, 3.63) is 10.4 Å². The Labute approximate surface area is 125 Å². The number of carbonyl (C=O) groups excluding carboxylic acids is 1. The first-order valence-corrected chi connectivity index (χ1v) is 8.48. The van der Waals surface area contributed by atoms with Crippen LogP contribution in [0.1, 0.15) is 61.2 Å². The lowest BCUT2D eigenvalue weighted by Crippen LogP contribution is -2.21. The number of thiophene rings is 1. The fraction of sp³-hybridized carbons (Fsp3) is 0.688. The molecule has 1 atom stereocenters. The Morgan fingerprint density at radius 3 is 2.55 bits per heavy atom. The summed E-state index contributed by atoms with van der Waals surface area (Å²) in [6, 6.07) is 0. The van der Waals surface area contributed by atoms with E-state index < -0.39 is 0 Å². The van der Waals surface area contributed by atoms with E-state index in [1.807, 2.05) is 0 Å². The summed E-state index contributed by atoms with van der Waals surface area (Å²) >= 11 is 1.62. The van der Waals surface area contributed by atoms with E-state index in [0.29, 0.717) is 5.92 Å². The number of ketones is 1. The molecule has 0 spiro atoms. The van der Waals surface area contributed by atoms with Gasteiger partial charge in [-0.15, -0.1) is 11.3 Å². The molecule has 1 aliphatic carbocycles. The van der Waals surface area contributed by atoms with E-state index in [-0.39, 0.29) is 5.78 Å². The number of rotatable bonds is 4. The van der Waals surface area contributed by atoms with Crippen LogP contribution in [-0.2, 0) is 0 Å². The summed E-state index contributed by atoms with van der Waals surface area (Å²) in [5, 5.41) is 1.29. The Morgan fingerprint density at radius 1 is 1.35 bits per heavy atom. The maximum absolute atomic E-state index is 11.8. The molecular formula is C16H24N2OS. The van der Waals surface area contributed by atoms with E-state index in [9.17, 15) is 4.79 Å². The van der Waals surface area contributed by atoms with Crippen molar-refractivity contribution in [2.24, 2.45) is 11.8 Å². The standard InChI is InChI=1S/C16H24N2OS/c1-9(2)12-6-7-18(8-12)16-13(11-4-5-11)14(17)15(20-16)10(3)19/h9,11-12H,4-8,17H2,1-3H3. The number of nitrogen functional groups attached to an aromatic ring is 1. The van der Waals surface area contributed by atoms with Gasteiger partial charge in [-0.1, -0.05) is 13.8 Å². The molecule has 20 heavy (non-hydrogen) atoms. The van der Waals surface area contributed by atoms with E-state index >= 15 is 0 Å². The molecule has 3 rings (SSSR count). The van der Waals surface area contributed by atoms with E-state index in [0.717, 1.165) is 35.5 Å². The molecule has 2 heterocycles. The average molecular weight is 292 g/mol. The van der Waals surface area contributed by atoms with Crippen molar-refractivity contribution < 1.29 is 4.79 Å². The third-order valence-electron chi connectivity index (χ3n) is 4.72. The second-order valence-corrected chi connectivity index (χ2v) is 7.63. The fourth-order valence-electron chi connectivity index (χ4n) is 3.22. The van der Waals surface area contributed by atoms with Gasteiger partial charge in [0.25, 0.3) is 0 Å². The molecule has 3 nitrogen and oxygen atoms in total. The van der Waals surface area contributed by atoms with Crippen LogP contribution < -0.4 is 10.6 Å². The first kappa shape index (κ1) is 13.9. The Bertz CT molecular complexity index is 531. The maximum Gasteiger partial charge on any atom is 0.171 e. The first-order valence-electron chi connectivity index (χ1n) is 7.67. The Balaban J connectivity index is 1.93. The lowest BCUT2D eigenvalue weighted by atomic mass is 9.95. The summed E-state index contributed by atoms with van der Waals surface area (Å²) in [5.41, 5.74) is 8.32. The highest BCUT2D eigenvalue weighted by Crippen LogP contribution is 2.52. The summed E-state index contributed by atoms with van der Waals surface area (Å²) in [4.78, 5) is 15.0. The topological polar surface area (TPSA) is 46.3 Å². The molecule has 1 aromatic rings. The van der Waals surface area contributed by atoms with E-state index in [1.54, 1.807) is 18.3 Å². The molecule has 0 radical (unpaired) electrons. The number of anilines is 2. The zero-order valence-corrected chi connectivity index (χ0v) is 13.4. The highest BCUT2D eigenvalue weighted by atomic mass is 32.1. The van der Waals surface area contributed by atoms with Crippen LogP contribution in [0.25, 0.3) is 0 Å². The van der Waals surface area contributed by atoms with Crippen LogP contribution in [-0.4, -0.2) is 18.9 Å². The van der Waals surface area contributed by atoms with Gasteiger partial charge in [0, 0.05) is 25.6 Å². The largest absolute Gasteiger partial charge is 0.397 e. The van der Waals surface area contributed by atoms with Crippen molar-refractivity contribution in [2.45, 2.75) is 46.0 Å². The number of nitrogens with two attached hydrogens (primary N) is 1. The van der Waals surface area contributed by atoms with Gasteiger partial charge in [0.15, 0.2) is 5.78 Å². The molecule has 2 N–H and O–H groups in total. The maximum atomic E-state index is 11.8. The van der Waals surface area contributed by atoms with Crippen LogP contribution in [0, 0.1) is 11.8 Å². The molecule has 0 aromatic carbocycles. The van der Waals surface area contributed by atoms with Crippen molar-refractivity contribution >= 4 is 27.8 Å². The highest BCUT2D eigenvalue weighted by molar-refractivity contribution is 7.18. The van der Waals surface area contributed by atoms with Gasteiger partial charge in [0.05, 0.1) is 15.6 Å². The quantitative estimate of drug-likeness (QED) is 0.856. The molecule has 4 heteroatoms. The van der Waals surface area contributed by atoms with Crippen molar-refractivity contribution in [2.75, 3.05) is 23.7 Å². The molecule has 0 amide bonds. The number of hydrogen-bond donors (Lipinski definition) is 1. The van der Waals surface area contributed by atoms with Crippen LogP contribution in [0.3, 0.4) is 0 Å². The number of Topliss-reactive ketones (excluding diaryl/α,β-unsaturated/α-hetero) is 1. The van der Waals surface area contributed by atoms with Gasteiger partial charge in [-0.05, 0) is 37.0 Å². The van der Waals surface area contributed by atoms with Crippen LogP contribution in [0.4, 0.5) is 10.7 Å². The molecule has 1 saturated heterocycles. The zero-order valence-electron chi connectivity index (χ0n) is 12.6. The molecule has 1 aliphatic heterocycles. The Kier molecular flexibility index (Phi) is 3.53. The third kappa shape index (κ3) is 2.34. The molecule has 110 valence electrons. The van der Waals surface area contributed by atoms with Crippen LogP contribution in [0.2, 0.25) is 0 Å². The monoisotopic (exact) mass is 292 g/mol. The summed E-state index contributed by atoms with van der Waals surface area (Å²) in [6.07, 6.45) is 3.72. The Hall–Kier alpha value is -1.03. The second-order valence-electron chi connectivity index (χ2n) is 6.63. The Morgan fingerprint density at radius 2 is 2.05 bits per heavy atom. The molecule has 2 aliphatic rings. The number of hydrogen-bond acceptors (Lipinski definition) is 4. The average Bonchev–Trinajstić information content (AvgIpc) is 2.98. The van der Waals surface area contributed by atoms with Gasteiger partial charge >= 0.3 is 0 Å². The normalized spacial score (nSPS) is 22.8. The van der Waals surface area contributed by atoms with Crippen molar-refractivity contribution in [1.29, 1.82) is 0 Å². The highest BCUT2D eigenvalue weighted by Gasteiger charge is 2.36. The zero-order chi connectivity index (χ0) is 14.4. The molecule has 2 fully saturated rings. The van der Waals surface area contributed by atoms with Crippen molar-refractivity contribution in [1.82, 2.24) is 0 Å². The smallest absolute Gasteiger partial charge is 0.171 e. The minimum Gasteiger partial charge on any atom is -0.397 e. The van der Waals surface area contributed by atoms with Crippen LogP contribution in [0.15, 0.2) is 0 Å². The minimum absolute atomic E-state index is 0.111. The lowest BCUT2D eigenvalue weighted by molar-refractivity contribution is 0.102. The van der Waals surface area contributed by atoms with Gasteiger partial charge in [0.1, 0.15) is 0 Å². The third-order valence-corrected chi connectivity index (χ3v) is 6.11. The molecule has 1 unspecified atom stereocenters. The molecule has 1 saturated carbocycles. The van der Waals surface area contributed by atoms with Crippen LogP contribution >= 0.6 is 11.3 Å². The summed E-state index contributed by atoms with van der Waals surface area (Å²) in [6.45, 7) is 8.47. The van der Waals surface area contributed by atoms with Crippen molar-refractivity contribution in [3.8, 4) is 0 Å². The molecular weight excluding hydrogens is 268 g/mol. The SMILES string of the molecule is CC(=O)c1sc(N2CCC(C(C)C)C2)c(C2CC2)c1N. The van der Waals surface area contributed by atoms with Gasteiger partial charge in [0.2, 0.25) is 0 Å². The number of carbonyl (C=O) groups is 1. The first-order chi connectivity index (χ1) is 9.49. The van der Waals surface area contributed by atoms with Gasteiger partial charge in [-0.25, -0.2) is 0 Å².